The number of H-pyrrole nitrogens is 1. The Kier molecular flexibility index (Phi) is 2.43. The molecule has 0 aliphatic heterocycles. The first kappa shape index (κ1) is 10.7. The summed E-state index contributed by atoms with van der Waals surface area (Å²) in [6.45, 7) is 0. The van der Waals surface area contributed by atoms with E-state index in [0.717, 1.165) is 11.1 Å². The van der Waals surface area contributed by atoms with Crippen molar-refractivity contribution >= 4 is 15.7 Å². The molecular formula is C10H11N3O2S. The number of nitrogens with one attached hydrogen (secondary N) is 1. The molecule has 0 amide bonds. The first-order valence-electron chi connectivity index (χ1n) is 4.58. The molecule has 0 spiro atoms. The highest BCUT2D eigenvalue weighted by Gasteiger charge is 2.08. The van der Waals surface area contributed by atoms with Gasteiger partial charge < -0.3 is 5.73 Å². The number of nitrogen functional groups attached to an aromatic ring is 1. The topological polar surface area (TPSA) is 88.8 Å². The fourth-order valence-corrected chi connectivity index (χ4v) is 2.04. The van der Waals surface area contributed by atoms with Crippen molar-refractivity contribution in [1.82, 2.24) is 10.2 Å². The fourth-order valence-electron chi connectivity index (χ4n) is 1.41. The second kappa shape index (κ2) is 3.64. The zero-order valence-corrected chi connectivity index (χ0v) is 9.45. The van der Waals surface area contributed by atoms with E-state index in [9.17, 15) is 8.42 Å². The number of anilines is 1. The van der Waals surface area contributed by atoms with Gasteiger partial charge in [0, 0.05) is 11.8 Å². The van der Waals surface area contributed by atoms with Crippen molar-refractivity contribution in [3.63, 3.8) is 0 Å². The highest BCUT2D eigenvalue weighted by atomic mass is 32.2. The van der Waals surface area contributed by atoms with Crippen LogP contribution in [0, 0.1) is 0 Å². The minimum absolute atomic E-state index is 0.290. The third kappa shape index (κ3) is 1.92. The van der Waals surface area contributed by atoms with Gasteiger partial charge in [-0.15, -0.1) is 0 Å². The summed E-state index contributed by atoms with van der Waals surface area (Å²) >= 11 is 0. The number of hydrogen-bond acceptors (Lipinski definition) is 4. The normalized spacial score (nSPS) is 11.6. The highest BCUT2D eigenvalue weighted by molar-refractivity contribution is 7.90. The Balaban J connectivity index is 2.45. The lowest BCUT2D eigenvalue weighted by molar-refractivity contribution is 0.602. The van der Waals surface area contributed by atoms with E-state index in [-0.39, 0.29) is 0 Å². The molecule has 3 N–H and O–H groups in total. The van der Waals surface area contributed by atoms with Crippen molar-refractivity contribution in [2.75, 3.05) is 12.0 Å². The molecule has 0 fully saturated rings. The lowest BCUT2D eigenvalue weighted by atomic mass is 10.1. The van der Waals surface area contributed by atoms with E-state index in [4.69, 9.17) is 5.73 Å². The maximum absolute atomic E-state index is 11.3. The molecule has 0 saturated heterocycles. The molecule has 0 saturated carbocycles. The van der Waals surface area contributed by atoms with Crippen LogP contribution in [-0.2, 0) is 9.84 Å². The molecule has 2 aromatic rings. The Morgan fingerprint density at radius 2 is 1.88 bits per heavy atom. The van der Waals surface area contributed by atoms with E-state index < -0.39 is 9.84 Å². The Morgan fingerprint density at radius 1 is 1.25 bits per heavy atom. The number of rotatable bonds is 2. The molecule has 5 nitrogen and oxygen atoms in total. The molecule has 0 bridgehead atoms. The average molecular weight is 237 g/mol. The summed E-state index contributed by atoms with van der Waals surface area (Å²) < 4.78 is 22.5. The van der Waals surface area contributed by atoms with E-state index in [1.807, 2.05) is 0 Å². The third-order valence-corrected chi connectivity index (χ3v) is 3.39. The van der Waals surface area contributed by atoms with Crippen LogP contribution in [0.25, 0.3) is 11.1 Å². The number of hydrogen-bond donors (Lipinski definition) is 2. The summed E-state index contributed by atoms with van der Waals surface area (Å²) in [6.07, 6.45) is 2.78. The van der Waals surface area contributed by atoms with E-state index in [0.29, 0.717) is 10.7 Å². The first-order chi connectivity index (χ1) is 7.48. The summed E-state index contributed by atoms with van der Waals surface area (Å²) in [5.41, 5.74) is 7.26. The smallest absolute Gasteiger partial charge is 0.175 e. The van der Waals surface area contributed by atoms with Crippen molar-refractivity contribution in [1.29, 1.82) is 0 Å². The maximum Gasteiger partial charge on any atom is 0.175 e. The molecule has 0 radical (unpaired) electrons. The molecule has 0 aliphatic rings. The second-order valence-corrected chi connectivity index (χ2v) is 5.51. The monoisotopic (exact) mass is 237 g/mol. The van der Waals surface area contributed by atoms with Crippen LogP contribution in [0.5, 0.6) is 0 Å². The van der Waals surface area contributed by atoms with Crippen molar-refractivity contribution in [3.8, 4) is 11.1 Å². The highest BCUT2D eigenvalue weighted by Crippen LogP contribution is 2.24. The third-order valence-electron chi connectivity index (χ3n) is 2.26. The van der Waals surface area contributed by atoms with Crippen molar-refractivity contribution in [2.45, 2.75) is 4.90 Å². The van der Waals surface area contributed by atoms with Crippen LogP contribution in [0.3, 0.4) is 0 Å². The average Bonchev–Trinajstić information content (AvgIpc) is 2.63. The minimum atomic E-state index is -3.15. The quantitative estimate of drug-likeness (QED) is 0.817. The van der Waals surface area contributed by atoms with E-state index in [2.05, 4.69) is 10.2 Å². The van der Waals surface area contributed by atoms with Gasteiger partial charge in [0.25, 0.3) is 0 Å². The zero-order valence-electron chi connectivity index (χ0n) is 8.64. The SMILES string of the molecule is CS(=O)(=O)c1ccc(-c2cn[nH]c2N)cc1. The van der Waals surface area contributed by atoms with Gasteiger partial charge in [-0.2, -0.15) is 5.10 Å². The standard InChI is InChI=1S/C10H11N3O2S/c1-16(14,15)8-4-2-7(3-5-8)9-6-12-13-10(9)11/h2-6H,1H3,(H3,11,12,13). The van der Waals surface area contributed by atoms with Gasteiger partial charge >= 0.3 is 0 Å². The van der Waals surface area contributed by atoms with E-state index >= 15 is 0 Å². The first-order valence-corrected chi connectivity index (χ1v) is 6.47. The molecule has 1 aromatic carbocycles. The summed E-state index contributed by atoms with van der Waals surface area (Å²) in [6, 6.07) is 6.52. The van der Waals surface area contributed by atoms with Gasteiger partial charge in [-0.1, -0.05) is 12.1 Å². The van der Waals surface area contributed by atoms with Gasteiger partial charge in [0.15, 0.2) is 9.84 Å². The summed E-state index contributed by atoms with van der Waals surface area (Å²) in [7, 11) is -3.15. The fraction of sp³-hybridized carbons (Fsp3) is 0.100. The largest absolute Gasteiger partial charge is 0.384 e. The maximum atomic E-state index is 11.3. The van der Waals surface area contributed by atoms with Gasteiger partial charge in [-0.25, -0.2) is 8.42 Å². The number of nitrogens with zero attached hydrogens (tertiary/aromatic N) is 1. The number of aromatic amines is 1. The molecule has 2 rings (SSSR count). The molecule has 0 unspecified atom stereocenters. The predicted octanol–water partition coefficient (Wildman–Crippen LogP) is 1.06. The summed E-state index contributed by atoms with van der Waals surface area (Å²) in [5.74, 6) is 0.465. The van der Waals surface area contributed by atoms with Gasteiger partial charge in [-0.05, 0) is 17.7 Å². The van der Waals surface area contributed by atoms with Gasteiger partial charge in [0.1, 0.15) is 5.82 Å². The van der Waals surface area contributed by atoms with Crippen LogP contribution >= 0.6 is 0 Å². The number of benzene rings is 1. The molecule has 1 aromatic heterocycles. The van der Waals surface area contributed by atoms with Gasteiger partial charge in [0.05, 0.1) is 11.1 Å². The van der Waals surface area contributed by atoms with E-state index in [1.165, 1.54) is 6.26 Å². The van der Waals surface area contributed by atoms with Crippen LogP contribution in [0.2, 0.25) is 0 Å². The molecule has 84 valence electrons. The van der Waals surface area contributed by atoms with Crippen molar-refractivity contribution in [3.05, 3.63) is 30.5 Å². The number of sulfone groups is 1. The van der Waals surface area contributed by atoms with Crippen molar-refractivity contribution in [2.24, 2.45) is 0 Å². The Hall–Kier alpha value is -1.82. The van der Waals surface area contributed by atoms with Crippen LogP contribution in [0.1, 0.15) is 0 Å². The molecule has 0 aliphatic carbocycles. The van der Waals surface area contributed by atoms with E-state index in [1.54, 1.807) is 30.5 Å². The molecule has 0 atom stereocenters. The summed E-state index contributed by atoms with van der Waals surface area (Å²) in [5, 5.41) is 6.42. The van der Waals surface area contributed by atoms with Gasteiger partial charge in [0.2, 0.25) is 0 Å². The molecule has 6 heteroatoms. The Labute approximate surface area is 93.2 Å². The Morgan fingerprint density at radius 3 is 2.31 bits per heavy atom. The number of nitrogens with two attached hydrogens (primary N) is 1. The minimum Gasteiger partial charge on any atom is -0.384 e. The zero-order chi connectivity index (χ0) is 11.8. The van der Waals surface area contributed by atoms with Crippen LogP contribution in [0.15, 0.2) is 35.4 Å². The second-order valence-electron chi connectivity index (χ2n) is 3.49. The predicted molar refractivity (Wildman–Crippen MR) is 61.5 cm³/mol. The van der Waals surface area contributed by atoms with Gasteiger partial charge in [-0.3, -0.25) is 5.10 Å². The number of aromatic nitrogens is 2. The molecular weight excluding hydrogens is 226 g/mol. The van der Waals surface area contributed by atoms with Crippen LogP contribution < -0.4 is 5.73 Å². The molecule has 1 heterocycles. The lowest BCUT2D eigenvalue weighted by Gasteiger charge is -2.01. The summed E-state index contributed by atoms with van der Waals surface area (Å²) in [4.78, 5) is 0.290. The lowest BCUT2D eigenvalue weighted by Crippen LogP contribution is -1.96. The van der Waals surface area contributed by atoms with Crippen LogP contribution in [-0.4, -0.2) is 24.9 Å². The molecule has 16 heavy (non-hydrogen) atoms. The van der Waals surface area contributed by atoms with Crippen molar-refractivity contribution < 1.29 is 8.42 Å². The Bertz CT molecular complexity index is 599. The van der Waals surface area contributed by atoms with Crippen LogP contribution in [0.4, 0.5) is 5.82 Å².